The number of unbranched alkanes of at least 4 members (excludes halogenated alkanes) is 2. The number of rotatable bonds is 13. The minimum absolute atomic E-state index is 0.0266. The van der Waals surface area contributed by atoms with Crippen LogP contribution in [0.5, 0.6) is 0 Å². The van der Waals surface area contributed by atoms with E-state index in [1.807, 2.05) is 0 Å². The molecule has 6 heteroatoms. The van der Waals surface area contributed by atoms with Crippen LogP contribution in [0.25, 0.3) is 0 Å². The van der Waals surface area contributed by atoms with Crippen LogP contribution in [0.1, 0.15) is 36.0 Å². The molecule has 4 aromatic rings. The second-order valence-electron chi connectivity index (χ2n) is 9.16. The monoisotopic (exact) mass is 527 g/mol. The van der Waals surface area contributed by atoms with Crippen molar-refractivity contribution >= 4 is 35.1 Å². The zero-order valence-electron chi connectivity index (χ0n) is 21.5. The van der Waals surface area contributed by atoms with Crippen LogP contribution in [0.15, 0.2) is 116 Å². The second-order valence-corrected chi connectivity index (χ2v) is 13.2. The molecule has 0 atom stereocenters. The maximum atomic E-state index is 12.2. The first kappa shape index (κ1) is 27.2. The standard InChI is InChI=1S/C32H34NO4P/c34-31(36-23-24-37-32(35)27-14-13-22-33-26-27)21-11-4-12-25-38(28-15-5-1-6-16-28,29-17-7-2-8-18-29)30-19-9-3-10-20-30/h1-3,5-10,13-20,22,26,38H,4,11-12,21,23-25H2. The first-order valence-corrected chi connectivity index (χ1v) is 15.3. The van der Waals surface area contributed by atoms with Gasteiger partial charge in [-0.05, 0) is 12.1 Å². The molecule has 0 aliphatic rings. The number of carbonyl (C=O) groups is 2. The fraction of sp³-hybridized carbons (Fsp3) is 0.219. The Morgan fingerprint density at radius 3 is 1.71 bits per heavy atom. The van der Waals surface area contributed by atoms with E-state index in [1.54, 1.807) is 18.3 Å². The van der Waals surface area contributed by atoms with Crippen molar-refractivity contribution in [2.45, 2.75) is 25.7 Å². The van der Waals surface area contributed by atoms with Gasteiger partial charge < -0.3 is 0 Å². The Labute approximate surface area is 225 Å². The number of ether oxygens (including phenoxy) is 2. The Balaban J connectivity index is 1.30. The fourth-order valence-electron chi connectivity index (χ4n) is 4.87. The number of hydrogen-bond acceptors (Lipinski definition) is 5. The van der Waals surface area contributed by atoms with Gasteiger partial charge in [0.2, 0.25) is 0 Å². The van der Waals surface area contributed by atoms with Gasteiger partial charge in [0.05, 0.1) is 0 Å². The summed E-state index contributed by atoms with van der Waals surface area (Å²) in [4.78, 5) is 28.0. The van der Waals surface area contributed by atoms with Gasteiger partial charge in [-0.3, -0.25) is 4.98 Å². The zero-order valence-corrected chi connectivity index (χ0v) is 22.5. The third-order valence-corrected chi connectivity index (χ3v) is 11.8. The first-order chi connectivity index (χ1) is 18.7. The van der Waals surface area contributed by atoms with Crippen LogP contribution in [0.3, 0.4) is 0 Å². The fourth-order valence-corrected chi connectivity index (χ4v) is 9.80. The average molecular weight is 528 g/mol. The van der Waals surface area contributed by atoms with Gasteiger partial charge in [-0.15, -0.1) is 0 Å². The molecule has 196 valence electrons. The van der Waals surface area contributed by atoms with Crippen molar-refractivity contribution in [3.05, 3.63) is 121 Å². The van der Waals surface area contributed by atoms with E-state index in [0.717, 1.165) is 25.4 Å². The summed E-state index contributed by atoms with van der Waals surface area (Å²) in [5, 5.41) is 4.20. The summed E-state index contributed by atoms with van der Waals surface area (Å²) >= 11 is 0. The molecule has 5 nitrogen and oxygen atoms in total. The number of pyridine rings is 1. The van der Waals surface area contributed by atoms with Gasteiger partial charge >= 0.3 is 196 Å². The van der Waals surface area contributed by atoms with Crippen molar-refractivity contribution in [1.82, 2.24) is 4.98 Å². The van der Waals surface area contributed by atoms with Gasteiger partial charge in [0, 0.05) is 12.4 Å². The van der Waals surface area contributed by atoms with Crippen molar-refractivity contribution in [3.63, 3.8) is 0 Å². The molecule has 1 heterocycles. The Morgan fingerprint density at radius 2 is 1.18 bits per heavy atom. The number of carbonyl (C=O) groups excluding carboxylic acids is 2. The van der Waals surface area contributed by atoms with E-state index in [-0.39, 0.29) is 19.2 Å². The molecule has 38 heavy (non-hydrogen) atoms. The van der Waals surface area contributed by atoms with E-state index < -0.39 is 13.2 Å². The Bertz CT molecular complexity index is 1170. The maximum absolute atomic E-state index is 12.2. The molecule has 0 aliphatic heterocycles. The predicted molar refractivity (Wildman–Crippen MR) is 155 cm³/mol. The summed E-state index contributed by atoms with van der Waals surface area (Å²) in [6, 6.07) is 35.9. The molecule has 0 fully saturated rings. The van der Waals surface area contributed by atoms with Crippen LogP contribution in [0.4, 0.5) is 0 Å². The van der Waals surface area contributed by atoms with Crippen LogP contribution in [-0.2, 0) is 14.3 Å². The Hall–Kier alpha value is -3.82. The van der Waals surface area contributed by atoms with Gasteiger partial charge in [0.25, 0.3) is 0 Å². The zero-order chi connectivity index (χ0) is 26.5. The van der Waals surface area contributed by atoms with Crippen LogP contribution in [0, 0.1) is 0 Å². The van der Waals surface area contributed by atoms with E-state index >= 15 is 0 Å². The average Bonchev–Trinajstić information content (AvgIpc) is 2.99. The molecular weight excluding hydrogens is 493 g/mol. The van der Waals surface area contributed by atoms with Crippen molar-refractivity contribution in [2.75, 3.05) is 19.4 Å². The Kier molecular flexibility index (Phi) is 10.2. The minimum Gasteiger partial charge on any atom is -0.264 e. The third kappa shape index (κ3) is 7.14. The summed E-state index contributed by atoms with van der Waals surface area (Å²) in [5.41, 5.74) is 0.375. The number of hydrogen-bond donors (Lipinski definition) is 0. The molecule has 0 aliphatic carbocycles. The molecule has 0 spiro atoms. The van der Waals surface area contributed by atoms with E-state index in [1.165, 1.54) is 22.1 Å². The minimum atomic E-state index is -2.23. The van der Waals surface area contributed by atoms with Crippen molar-refractivity contribution in [3.8, 4) is 0 Å². The Morgan fingerprint density at radius 1 is 0.632 bits per heavy atom. The first-order valence-electron chi connectivity index (χ1n) is 13.1. The predicted octanol–water partition coefficient (Wildman–Crippen LogP) is 5.07. The summed E-state index contributed by atoms with van der Waals surface area (Å²) in [7, 11) is -2.23. The van der Waals surface area contributed by atoms with Crippen molar-refractivity contribution in [2.24, 2.45) is 0 Å². The summed E-state index contributed by atoms with van der Waals surface area (Å²) in [5.74, 6) is -0.739. The topological polar surface area (TPSA) is 65.5 Å². The molecular formula is C32H34NO4P. The van der Waals surface area contributed by atoms with Crippen molar-refractivity contribution < 1.29 is 19.1 Å². The number of benzene rings is 3. The van der Waals surface area contributed by atoms with Gasteiger partial charge in [-0.2, -0.15) is 0 Å². The van der Waals surface area contributed by atoms with Crippen LogP contribution >= 0.6 is 7.26 Å². The van der Waals surface area contributed by atoms with E-state index in [2.05, 4.69) is 96.0 Å². The van der Waals surface area contributed by atoms with Gasteiger partial charge in [-0.1, -0.05) is 0 Å². The summed E-state index contributed by atoms with van der Waals surface area (Å²) < 4.78 is 10.4. The SMILES string of the molecule is O=C(CCCCC[PH](c1ccccc1)(c1ccccc1)c1ccccc1)OCCOC(=O)c1cccnc1. The number of aromatic nitrogens is 1. The molecule has 0 amide bonds. The third-order valence-electron chi connectivity index (χ3n) is 6.71. The molecule has 1 aromatic heterocycles. The van der Waals surface area contributed by atoms with Gasteiger partial charge in [0.15, 0.2) is 0 Å². The molecule has 0 N–H and O–H groups in total. The van der Waals surface area contributed by atoms with Gasteiger partial charge in [-0.25, -0.2) is 0 Å². The second kappa shape index (κ2) is 14.2. The molecule has 0 radical (unpaired) electrons. The number of esters is 2. The molecule has 0 bridgehead atoms. The normalized spacial score (nSPS) is 11.5. The quantitative estimate of drug-likeness (QED) is 0.138. The van der Waals surface area contributed by atoms with Crippen LogP contribution in [0.2, 0.25) is 0 Å². The van der Waals surface area contributed by atoms with E-state index in [0.29, 0.717) is 12.0 Å². The molecule has 4 rings (SSSR count). The van der Waals surface area contributed by atoms with Crippen molar-refractivity contribution in [1.29, 1.82) is 0 Å². The molecule has 0 saturated heterocycles. The smallest absolute Gasteiger partial charge is 0.264 e. The molecule has 3 aromatic carbocycles. The van der Waals surface area contributed by atoms with Crippen LogP contribution < -0.4 is 15.9 Å². The van der Waals surface area contributed by atoms with E-state index in [9.17, 15) is 9.59 Å². The van der Waals surface area contributed by atoms with Gasteiger partial charge in [0.1, 0.15) is 0 Å². The van der Waals surface area contributed by atoms with E-state index in [4.69, 9.17) is 9.47 Å². The number of nitrogens with zero attached hydrogens (tertiary/aromatic N) is 1. The van der Waals surface area contributed by atoms with Crippen LogP contribution in [-0.4, -0.2) is 36.3 Å². The summed E-state index contributed by atoms with van der Waals surface area (Å²) in [6.45, 7) is 0.0791. The molecule has 0 unspecified atom stereocenters. The summed E-state index contributed by atoms with van der Waals surface area (Å²) in [6.07, 6.45) is 7.16. The molecule has 0 saturated carbocycles.